The predicted octanol–water partition coefficient (Wildman–Crippen LogP) is 3.40. The molecule has 178 valence electrons. The van der Waals surface area contributed by atoms with Crippen LogP contribution < -0.4 is 5.73 Å². The summed E-state index contributed by atoms with van der Waals surface area (Å²) in [5.74, 6) is 0.674. The summed E-state index contributed by atoms with van der Waals surface area (Å²) in [4.78, 5) is 35.8. The van der Waals surface area contributed by atoms with Gasteiger partial charge < -0.3 is 5.73 Å². The fourth-order valence-corrected chi connectivity index (χ4v) is 4.61. The number of nitrogens with zero attached hydrogens (tertiary/aromatic N) is 6. The number of hydrogen-bond donors (Lipinski definition) is 1. The number of hydrogen-bond acceptors (Lipinski definition) is 6. The minimum Gasteiger partial charge on any atom is -0.383 e. The van der Waals surface area contributed by atoms with E-state index in [1.54, 1.807) is 36.1 Å². The molecule has 0 radical (unpaired) electrons. The van der Waals surface area contributed by atoms with E-state index in [1.807, 2.05) is 19.3 Å². The lowest BCUT2D eigenvalue weighted by Crippen LogP contribution is -2.47. The molecule has 0 aliphatic heterocycles. The Balaban J connectivity index is 1.37. The summed E-state index contributed by atoms with van der Waals surface area (Å²) < 4.78 is 1.73. The van der Waals surface area contributed by atoms with Gasteiger partial charge in [-0.25, -0.2) is 9.99 Å². The van der Waals surface area contributed by atoms with Crippen LogP contribution in [0, 0.1) is 5.92 Å². The first-order valence-electron chi connectivity index (χ1n) is 12.0. The molecule has 0 unspecified atom stereocenters. The number of carbonyl (C=O) groups is 2. The number of aromatic nitrogens is 4. The predicted molar refractivity (Wildman–Crippen MR) is 132 cm³/mol. The second kappa shape index (κ2) is 8.04. The van der Waals surface area contributed by atoms with Gasteiger partial charge >= 0.3 is 0 Å². The van der Waals surface area contributed by atoms with Crippen LogP contribution in [0.15, 0.2) is 42.7 Å². The Morgan fingerprint density at radius 3 is 2.57 bits per heavy atom. The number of nitrogen functional groups attached to an aromatic ring is 1. The molecule has 6 rings (SSSR count). The molecule has 3 aromatic heterocycles. The average Bonchev–Trinajstić information content (AvgIpc) is 3.79. The lowest BCUT2D eigenvalue weighted by Gasteiger charge is -2.32. The van der Waals surface area contributed by atoms with E-state index in [0.29, 0.717) is 22.8 Å². The number of benzene rings is 1. The van der Waals surface area contributed by atoms with Crippen molar-refractivity contribution in [2.75, 3.05) is 12.8 Å². The quantitative estimate of drug-likeness (QED) is 0.449. The Labute approximate surface area is 202 Å². The van der Waals surface area contributed by atoms with Crippen LogP contribution in [0.4, 0.5) is 5.82 Å². The van der Waals surface area contributed by atoms with Gasteiger partial charge in [0.2, 0.25) is 5.91 Å². The summed E-state index contributed by atoms with van der Waals surface area (Å²) in [6.07, 6.45) is 7.70. The van der Waals surface area contributed by atoms with Crippen molar-refractivity contribution in [2.45, 2.75) is 38.1 Å². The van der Waals surface area contributed by atoms with Crippen LogP contribution in [-0.2, 0) is 18.4 Å². The average molecular weight is 470 g/mol. The van der Waals surface area contributed by atoms with Crippen molar-refractivity contribution in [3.8, 4) is 0 Å². The van der Waals surface area contributed by atoms with Gasteiger partial charge in [-0.2, -0.15) is 5.10 Å². The summed E-state index contributed by atoms with van der Waals surface area (Å²) in [7, 11) is 3.50. The van der Waals surface area contributed by atoms with Gasteiger partial charge in [0.25, 0.3) is 5.91 Å². The number of hydrazine groups is 1. The second-order valence-corrected chi connectivity index (χ2v) is 9.62. The van der Waals surface area contributed by atoms with Crippen molar-refractivity contribution in [3.05, 3.63) is 59.5 Å². The molecule has 0 bridgehead atoms. The molecule has 4 aromatic rings. The normalized spacial score (nSPS) is 15.5. The first-order valence-corrected chi connectivity index (χ1v) is 12.0. The van der Waals surface area contributed by atoms with E-state index in [2.05, 4.69) is 21.1 Å². The molecule has 2 amide bonds. The summed E-state index contributed by atoms with van der Waals surface area (Å²) in [6.45, 7) is 0.206. The molecule has 2 fully saturated rings. The van der Waals surface area contributed by atoms with Crippen LogP contribution in [0.5, 0.6) is 0 Å². The van der Waals surface area contributed by atoms with Gasteiger partial charge in [0, 0.05) is 37.2 Å². The maximum atomic E-state index is 13.8. The number of rotatable bonds is 5. The molecule has 0 atom stereocenters. The number of anilines is 1. The van der Waals surface area contributed by atoms with Gasteiger partial charge in [-0.15, -0.1) is 0 Å². The smallest absolute Gasteiger partial charge is 0.272 e. The molecular formula is C26H27N7O2. The molecular weight excluding hydrogens is 442 g/mol. The maximum absolute atomic E-state index is 13.8. The summed E-state index contributed by atoms with van der Waals surface area (Å²) in [5.41, 5.74) is 10.0. The number of carbonyl (C=O) groups excluding carboxylic acids is 2. The third-order valence-corrected chi connectivity index (χ3v) is 7.00. The van der Waals surface area contributed by atoms with E-state index in [4.69, 9.17) is 5.73 Å². The lowest BCUT2D eigenvalue weighted by atomic mass is 10.1. The molecule has 9 heteroatoms. The first kappa shape index (κ1) is 21.5. The molecule has 1 aromatic carbocycles. The Bertz CT molecular complexity index is 1470. The largest absolute Gasteiger partial charge is 0.383 e. The van der Waals surface area contributed by atoms with Crippen molar-refractivity contribution in [3.63, 3.8) is 0 Å². The monoisotopic (exact) mass is 469 g/mol. The zero-order valence-electron chi connectivity index (χ0n) is 19.8. The van der Waals surface area contributed by atoms with Crippen LogP contribution in [0.2, 0.25) is 0 Å². The maximum Gasteiger partial charge on any atom is 0.272 e. The number of fused-ring (bicyclic) bond motifs is 3. The third kappa shape index (κ3) is 3.86. The summed E-state index contributed by atoms with van der Waals surface area (Å²) >= 11 is 0. The van der Waals surface area contributed by atoms with E-state index in [9.17, 15) is 9.59 Å². The minimum absolute atomic E-state index is 0.0154. The molecule has 2 aliphatic rings. The van der Waals surface area contributed by atoms with Crippen molar-refractivity contribution < 1.29 is 9.59 Å². The molecule has 3 heterocycles. The fourth-order valence-electron chi connectivity index (χ4n) is 4.61. The molecule has 2 aliphatic carbocycles. The van der Waals surface area contributed by atoms with Gasteiger partial charge in [-0.3, -0.25) is 24.3 Å². The zero-order chi connectivity index (χ0) is 24.3. The van der Waals surface area contributed by atoms with Crippen molar-refractivity contribution in [1.82, 2.24) is 29.8 Å². The number of amides is 2. The van der Waals surface area contributed by atoms with E-state index in [-0.39, 0.29) is 24.3 Å². The highest BCUT2D eigenvalue weighted by atomic mass is 16.2. The van der Waals surface area contributed by atoms with E-state index in [0.717, 1.165) is 34.8 Å². The minimum atomic E-state index is -0.274. The van der Waals surface area contributed by atoms with E-state index in [1.165, 1.54) is 28.4 Å². The fraction of sp³-hybridized carbons (Fsp3) is 0.346. The van der Waals surface area contributed by atoms with E-state index >= 15 is 0 Å². The highest BCUT2D eigenvalue weighted by Gasteiger charge is 2.36. The van der Waals surface area contributed by atoms with E-state index < -0.39 is 0 Å². The van der Waals surface area contributed by atoms with Crippen molar-refractivity contribution in [2.24, 2.45) is 13.0 Å². The Morgan fingerprint density at radius 2 is 1.89 bits per heavy atom. The highest BCUT2D eigenvalue weighted by Crippen LogP contribution is 2.39. The highest BCUT2D eigenvalue weighted by molar-refractivity contribution is 6.10. The standard InChI is InChI=1S/C26H27N7O2/c1-31-23-20-11-17(8-10-22(20)30-24(27)21(23)13-29-31)26(35)33(32(2)25(34)16-5-6-16)14-19-9-7-18(12-28-19)15-3-4-15/h7-13,15-16H,3-6,14H2,1-2H3,(H2,27,30). The van der Waals surface area contributed by atoms with Crippen LogP contribution in [0.25, 0.3) is 21.8 Å². The molecule has 2 saturated carbocycles. The molecule has 9 nitrogen and oxygen atoms in total. The van der Waals surface area contributed by atoms with Gasteiger partial charge in [0.15, 0.2) is 0 Å². The molecule has 2 N–H and O–H groups in total. The lowest BCUT2D eigenvalue weighted by molar-refractivity contribution is -0.144. The molecule has 0 spiro atoms. The van der Waals surface area contributed by atoms with Crippen LogP contribution >= 0.6 is 0 Å². The van der Waals surface area contributed by atoms with Crippen molar-refractivity contribution >= 4 is 39.4 Å². The Morgan fingerprint density at radius 1 is 1.09 bits per heavy atom. The van der Waals surface area contributed by atoms with Crippen LogP contribution in [0.3, 0.4) is 0 Å². The van der Waals surface area contributed by atoms with Gasteiger partial charge in [-0.1, -0.05) is 6.07 Å². The van der Waals surface area contributed by atoms with Crippen LogP contribution in [0.1, 0.15) is 53.2 Å². The zero-order valence-corrected chi connectivity index (χ0v) is 19.8. The Kier molecular flexibility index (Phi) is 4.94. The number of pyridine rings is 2. The van der Waals surface area contributed by atoms with Crippen molar-refractivity contribution in [1.29, 1.82) is 0 Å². The van der Waals surface area contributed by atoms with Gasteiger partial charge in [-0.05, 0) is 61.4 Å². The SMILES string of the molecule is CN(C(=O)C1CC1)N(Cc1ccc(C2CC2)cn1)C(=O)c1ccc2nc(N)c3cnn(C)c3c2c1. The first-order chi connectivity index (χ1) is 16.9. The van der Waals surface area contributed by atoms with Crippen LogP contribution in [-0.4, -0.2) is 48.6 Å². The topological polar surface area (TPSA) is 110 Å². The summed E-state index contributed by atoms with van der Waals surface area (Å²) in [6, 6.07) is 9.35. The number of aryl methyl sites for hydroxylation is 1. The van der Waals surface area contributed by atoms with Gasteiger partial charge in [0.1, 0.15) is 5.82 Å². The Hall–Kier alpha value is -4.01. The molecule has 0 saturated heterocycles. The second-order valence-electron chi connectivity index (χ2n) is 9.62. The summed E-state index contributed by atoms with van der Waals surface area (Å²) in [5, 5.41) is 8.79. The number of nitrogens with two attached hydrogens (primary N) is 1. The third-order valence-electron chi connectivity index (χ3n) is 7.00. The van der Waals surface area contributed by atoms with Gasteiger partial charge in [0.05, 0.1) is 34.9 Å². The molecule has 35 heavy (non-hydrogen) atoms.